The number of nitrogens with zero attached hydrogens (tertiary/aromatic N) is 2. The average Bonchev–Trinajstić information content (AvgIpc) is 2.38. The largest absolute Gasteiger partial charge is 0.318 e. The van der Waals surface area contributed by atoms with Crippen LogP contribution in [0.3, 0.4) is 0 Å². The van der Waals surface area contributed by atoms with Gasteiger partial charge in [-0.1, -0.05) is 6.07 Å². The summed E-state index contributed by atoms with van der Waals surface area (Å²) in [4.78, 5) is 16.0. The van der Waals surface area contributed by atoms with Gasteiger partial charge in [0.25, 0.3) is 0 Å². The van der Waals surface area contributed by atoms with E-state index in [1.54, 1.807) is 17.0 Å². The molecule has 19 heavy (non-hydrogen) atoms. The Bertz CT molecular complexity index is 452. The van der Waals surface area contributed by atoms with Crippen LogP contribution in [-0.2, 0) is 4.79 Å². The molecule has 1 heterocycles. The maximum absolute atomic E-state index is 13.2. The number of hydrogen-bond donors (Lipinski definition) is 1. The molecule has 1 amide bonds. The van der Waals surface area contributed by atoms with Crippen molar-refractivity contribution in [1.82, 2.24) is 10.2 Å². The van der Waals surface area contributed by atoms with Crippen LogP contribution in [0.25, 0.3) is 0 Å². The first-order chi connectivity index (χ1) is 9.11. The Morgan fingerprint density at radius 3 is 2.84 bits per heavy atom. The minimum absolute atomic E-state index is 0.0276. The molecule has 1 aromatic rings. The number of carbonyl (C=O) groups is 1. The Hall–Kier alpha value is -1.46. The van der Waals surface area contributed by atoms with Gasteiger partial charge in [0.1, 0.15) is 5.82 Å². The van der Waals surface area contributed by atoms with E-state index in [2.05, 4.69) is 17.1 Å². The summed E-state index contributed by atoms with van der Waals surface area (Å²) in [5.74, 6) is -0.281. The van der Waals surface area contributed by atoms with Crippen molar-refractivity contribution in [2.75, 3.05) is 38.1 Å². The number of likely N-dealkylation sites (N-methyl/N-ethyl adjacent to an activating group) is 1. The molecule has 104 valence electrons. The number of nitrogens with one attached hydrogen (secondary N) is 1. The van der Waals surface area contributed by atoms with Crippen LogP contribution in [0.5, 0.6) is 0 Å². The van der Waals surface area contributed by atoms with E-state index in [0.717, 1.165) is 13.1 Å². The van der Waals surface area contributed by atoms with Gasteiger partial charge in [0.2, 0.25) is 5.91 Å². The van der Waals surface area contributed by atoms with Gasteiger partial charge in [0, 0.05) is 31.4 Å². The van der Waals surface area contributed by atoms with E-state index in [4.69, 9.17) is 0 Å². The third kappa shape index (κ3) is 3.30. The van der Waals surface area contributed by atoms with Crippen LogP contribution in [0, 0.1) is 5.82 Å². The highest BCUT2D eigenvalue weighted by atomic mass is 19.1. The molecule has 0 bridgehead atoms. The van der Waals surface area contributed by atoms with E-state index in [1.165, 1.54) is 12.1 Å². The van der Waals surface area contributed by atoms with Gasteiger partial charge in [-0.05, 0) is 32.2 Å². The summed E-state index contributed by atoms with van der Waals surface area (Å²) < 4.78 is 13.2. The van der Waals surface area contributed by atoms with E-state index < -0.39 is 0 Å². The van der Waals surface area contributed by atoms with Crippen LogP contribution >= 0.6 is 0 Å². The lowest BCUT2D eigenvalue weighted by molar-refractivity contribution is -0.121. The van der Waals surface area contributed by atoms with Crippen LogP contribution in [0.1, 0.15) is 6.92 Å². The molecule has 1 aliphatic heterocycles. The first kappa shape index (κ1) is 14.0. The SMILES string of the molecule is CNCC(C)N1CCN(c2cccc(F)c2)C(=O)C1. The Labute approximate surface area is 113 Å². The summed E-state index contributed by atoms with van der Waals surface area (Å²) in [7, 11) is 1.90. The summed E-state index contributed by atoms with van der Waals surface area (Å²) >= 11 is 0. The molecular formula is C14H20FN3O. The fourth-order valence-corrected chi connectivity index (χ4v) is 2.41. The lowest BCUT2D eigenvalue weighted by Gasteiger charge is -2.37. The number of piperazine rings is 1. The second kappa shape index (κ2) is 6.12. The first-order valence-corrected chi connectivity index (χ1v) is 6.56. The van der Waals surface area contributed by atoms with Gasteiger partial charge in [-0.25, -0.2) is 4.39 Å². The zero-order valence-electron chi connectivity index (χ0n) is 11.4. The summed E-state index contributed by atoms with van der Waals surface area (Å²) in [6, 6.07) is 6.52. The fraction of sp³-hybridized carbons (Fsp3) is 0.500. The van der Waals surface area contributed by atoms with Crippen LogP contribution in [0.15, 0.2) is 24.3 Å². The minimum Gasteiger partial charge on any atom is -0.318 e. The highest BCUT2D eigenvalue weighted by Gasteiger charge is 2.27. The summed E-state index contributed by atoms with van der Waals surface area (Å²) in [5, 5.41) is 3.11. The van der Waals surface area contributed by atoms with E-state index in [1.807, 2.05) is 7.05 Å². The first-order valence-electron chi connectivity index (χ1n) is 6.56. The Kier molecular flexibility index (Phi) is 4.50. The molecule has 4 nitrogen and oxygen atoms in total. The van der Waals surface area contributed by atoms with Crippen molar-refractivity contribution < 1.29 is 9.18 Å². The second-order valence-electron chi connectivity index (χ2n) is 4.90. The zero-order valence-corrected chi connectivity index (χ0v) is 11.4. The molecule has 1 N–H and O–H groups in total. The molecule has 1 atom stereocenters. The number of hydrogen-bond acceptors (Lipinski definition) is 3. The molecule has 0 spiro atoms. The maximum atomic E-state index is 13.2. The van der Waals surface area contributed by atoms with Crippen molar-refractivity contribution in [3.8, 4) is 0 Å². The number of benzene rings is 1. The predicted octanol–water partition coefficient (Wildman–Crippen LogP) is 1.08. The molecule has 0 aliphatic carbocycles. The third-order valence-electron chi connectivity index (χ3n) is 3.49. The maximum Gasteiger partial charge on any atom is 0.241 e. The van der Waals surface area contributed by atoms with Gasteiger partial charge in [-0.3, -0.25) is 9.69 Å². The summed E-state index contributed by atoms with van der Waals surface area (Å²) in [6.07, 6.45) is 0. The quantitative estimate of drug-likeness (QED) is 0.885. The number of anilines is 1. The molecule has 0 saturated carbocycles. The number of rotatable bonds is 4. The summed E-state index contributed by atoms with van der Waals surface area (Å²) in [6.45, 7) is 4.76. The smallest absolute Gasteiger partial charge is 0.241 e. The van der Waals surface area contributed by atoms with E-state index in [9.17, 15) is 9.18 Å². The number of halogens is 1. The molecule has 1 aromatic carbocycles. The van der Waals surface area contributed by atoms with Crippen LogP contribution < -0.4 is 10.2 Å². The third-order valence-corrected chi connectivity index (χ3v) is 3.49. The lowest BCUT2D eigenvalue weighted by atomic mass is 10.2. The van der Waals surface area contributed by atoms with Crippen LogP contribution in [0.2, 0.25) is 0 Å². The monoisotopic (exact) mass is 265 g/mol. The van der Waals surface area contributed by atoms with Gasteiger partial charge < -0.3 is 10.2 Å². The average molecular weight is 265 g/mol. The van der Waals surface area contributed by atoms with Gasteiger partial charge in [-0.15, -0.1) is 0 Å². The van der Waals surface area contributed by atoms with E-state index in [0.29, 0.717) is 24.8 Å². The van der Waals surface area contributed by atoms with E-state index in [-0.39, 0.29) is 11.7 Å². The van der Waals surface area contributed by atoms with E-state index >= 15 is 0 Å². The molecule has 0 aromatic heterocycles. The minimum atomic E-state index is -0.309. The van der Waals surface area contributed by atoms with Crippen molar-refractivity contribution in [3.63, 3.8) is 0 Å². The van der Waals surface area contributed by atoms with Crippen LogP contribution in [-0.4, -0.2) is 50.1 Å². The highest BCUT2D eigenvalue weighted by Crippen LogP contribution is 2.19. The van der Waals surface area contributed by atoms with Gasteiger partial charge in [-0.2, -0.15) is 0 Å². The highest BCUT2D eigenvalue weighted by molar-refractivity contribution is 5.95. The van der Waals surface area contributed by atoms with Gasteiger partial charge in [0.05, 0.1) is 6.54 Å². The van der Waals surface area contributed by atoms with Crippen molar-refractivity contribution in [3.05, 3.63) is 30.1 Å². The molecule has 1 saturated heterocycles. The Morgan fingerprint density at radius 2 is 2.21 bits per heavy atom. The number of amides is 1. The molecule has 0 radical (unpaired) electrons. The Balaban J connectivity index is 2.03. The van der Waals surface area contributed by atoms with Crippen molar-refractivity contribution in [1.29, 1.82) is 0 Å². The zero-order chi connectivity index (χ0) is 13.8. The van der Waals surface area contributed by atoms with Gasteiger partial charge >= 0.3 is 0 Å². The van der Waals surface area contributed by atoms with Gasteiger partial charge in [0.15, 0.2) is 0 Å². The molecular weight excluding hydrogens is 245 g/mol. The van der Waals surface area contributed by atoms with Crippen molar-refractivity contribution in [2.24, 2.45) is 0 Å². The molecule has 2 rings (SSSR count). The van der Waals surface area contributed by atoms with Crippen LogP contribution in [0.4, 0.5) is 10.1 Å². The van der Waals surface area contributed by atoms with Crippen molar-refractivity contribution >= 4 is 11.6 Å². The standard InChI is InChI=1S/C14H20FN3O/c1-11(9-16-2)17-6-7-18(14(19)10-17)13-5-3-4-12(15)8-13/h3-5,8,11,16H,6-7,9-10H2,1-2H3. The molecule has 1 aliphatic rings. The summed E-state index contributed by atoms with van der Waals surface area (Å²) in [5.41, 5.74) is 0.644. The molecule has 1 unspecified atom stereocenters. The Morgan fingerprint density at radius 1 is 1.42 bits per heavy atom. The lowest BCUT2D eigenvalue weighted by Crippen LogP contribution is -2.54. The molecule has 5 heteroatoms. The second-order valence-corrected chi connectivity index (χ2v) is 4.90. The van der Waals surface area contributed by atoms with Crippen molar-refractivity contribution in [2.45, 2.75) is 13.0 Å². The fourth-order valence-electron chi connectivity index (χ4n) is 2.41. The topological polar surface area (TPSA) is 35.6 Å². The molecule has 1 fully saturated rings. The normalized spacial score (nSPS) is 18.7. The number of carbonyl (C=O) groups excluding carboxylic acids is 1. The predicted molar refractivity (Wildman–Crippen MR) is 73.7 cm³/mol.